The minimum atomic E-state index is -1.14. The Bertz CT molecular complexity index is 817. The van der Waals surface area contributed by atoms with Crippen LogP contribution in [0.1, 0.15) is 39.0 Å². The van der Waals surface area contributed by atoms with Gasteiger partial charge in [-0.15, -0.1) is 0 Å². The zero-order chi connectivity index (χ0) is 18.8. The molecule has 1 fully saturated rings. The molecule has 0 aliphatic carbocycles. The molecule has 9 heteroatoms. The summed E-state index contributed by atoms with van der Waals surface area (Å²) in [6.45, 7) is 8.33. The van der Waals surface area contributed by atoms with Crippen LogP contribution in [-0.4, -0.2) is 72.5 Å². The number of carboxylic acid groups (broad SMARTS) is 1. The highest BCUT2D eigenvalue weighted by molar-refractivity contribution is 6.03. The number of carbonyl (C=O) groups is 2. The summed E-state index contributed by atoms with van der Waals surface area (Å²) in [5.41, 5.74) is 2.31. The summed E-state index contributed by atoms with van der Waals surface area (Å²) in [7, 11) is 1.52. The SMILES string of the molecule is CCn1cc(CN2CCN(C(=O)c3cnn(C)c3C(=O)O)CC2)c(C)n1. The maximum atomic E-state index is 12.7. The van der Waals surface area contributed by atoms with E-state index in [1.165, 1.54) is 23.5 Å². The van der Waals surface area contributed by atoms with E-state index in [1.54, 1.807) is 4.90 Å². The van der Waals surface area contributed by atoms with Gasteiger partial charge in [0, 0.05) is 58.1 Å². The van der Waals surface area contributed by atoms with Crippen LogP contribution in [-0.2, 0) is 20.1 Å². The van der Waals surface area contributed by atoms with Gasteiger partial charge in [-0.05, 0) is 13.8 Å². The quantitative estimate of drug-likeness (QED) is 0.839. The van der Waals surface area contributed by atoms with E-state index < -0.39 is 5.97 Å². The minimum Gasteiger partial charge on any atom is -0.477 e. The van der Waals surface area contributed by atoms with Crippen molar-refractivity contribution in [1.29, 1.82) is 0 Å². The molecule has 2 aromatic heterocycles. The fraction of sp³-hybridized carbons (Fsp3) is 0.529. The van der Waals surface area contributed by atoms with Gasteiger partial charge >= 0.3 is 5.97 Å². The van der Waals surface area contributed by atoms with Crippen molar-refractivity contribution in [2.75, 3.05) is 26.2 Å². The first-order valence-electron chi connectivity index (χ1n) is 8.70. The first-order chi connectivity index (χ1) is 12.4. The Balaban J connectivity index is 1.62. The highest BCUT2D eigenvalue weighted by Crippen LogP contribution is 2.15. The van der Waals surface area contributed by atoms with Crippen LogP contribution in [0.25, 0.3) is 0 Å². The van der Waals surface area contributed by atoms with E-state index in [4.69, 9.17) is 0 Å². The molecule has 0 bridgehead atoms. The summed E-state index contributed by atoms with van der Waals surface area (Å²) in [6.07, 6.45) is 3.41. The molecule has 9 nitrogen and oxygen atoms in total. The summed E-state index contributed by atoms with van der Waals surface area (Å²) in [6, 6.07) is 0. The Morgan fingerprint density at radius 1 is 1.23 bits per heavy atom. The smallest absolute Gasteiger partial charge is 0.354 e. The second-order valence-corrected chi connectivity index (χ2v) is 6.50. The summed E-state index contributed by atoms with van der Waals surface area (Å²) in [5.74, 6) is -1.42. The van der Waals surface area contributed by atoms with Gasteiger partial charge in [-0.25, -0.2) is 4.79 Å². The molecule has 0 radical (unpaired) electrons. The largest absolute Gasteiger partial charge is 0.477 e. The van der Waals surface area contributed by atoms with E-state index in [9.17, 15) is 14.7 Å². The number of nitrogens with zero attached hydrogens (tertiary/aromatic N) is 6. The van der Waals surface area contributed by atoms with Gasteiger partial charge in [-0.3, -0.25) is 19.1 Å². The van der Waals surface area contributed by atoms with Crippen molar-refractivity contribution in [2.24, 2.45) is 7.05 Å². The standard InChI is InChI=1S/C17H24N6O3/c1-4-23-11-13(12(2)19-23)10-21-5-7-22(8-6-21)16(24)14-9-18-20(3)15(14)17(25)26/h9,11H,4-8,10H2,1-3H3,(H,25,26). The molecule has 0 spiro atoms. The van der Waals surface area contributed by atoms with Gasteiger partial charge < -0.3 is 10.0 Å². The second kappa shape index (κ2) is 7.28. The third kappa shape index (κ3) is 3.48. The number of hydrogen-bond acceptors (Lipinski definition) is 5. The first kappa shape index (κ1) is 18.1. The van der Waals surface area contributed by atoms with Crippen LogP contribution < -0.4 is 0 Å². The van der Waals surface area contributed by atoms with Crippen molar-refractivity contribution in [1.82, 2.24) is 29.4 Å². The van der Waals surface area contributed by atoms with E-state index >= 15 is 0 Å². The van der Waals surface area contributed by atoms with Gasteiger partial charge in [-0.2, -0.15) is 10.2 Å². The first-order valence-corrected chi connectivity index (χ1v) is 8.70. The molecule has 3 heterocycles. The normalized spacial score (nSPS) is 15.4. The molecule has 0 atom stereocenters. The lowest BCUT2D eigenvalue weighted by molar-refractivity contribution is 0.0605. The number of carbonyl (C=O) groups excluding carboxylic acids is 1. The Morgan fingerprint density at radius 3 is 2.50 bits per heavy atom. The van der Waals surface area contributed by atoms with Gasteiger partial charge in [0.05, 0.1) is 17.5 Å². The van der Waals surface area contributed by atoms with Crippen molar-refractivity contribution in [2.45, 2.75) is 26.9 Å². The fourth-order valence-corrected chi connectivity index (χ4v) is 3.24. The fourth-order valence-electron chi connectivity index (χ4n) is 3.24. The predicted octanol–water partition coefficient (Wildman–Crippen LogP) is 0.601. The highest BCUT2D eigenvalue weighted by Gasteiger charge is 2.28. The lowest BCUT2D eigenvalue weighted by Gasteiger charge is -2.34. The van der Waals surface area contributed by atoms with E-state index in [1.807, 2.05) is 11.6 Å². The van der Waals surface area contributed by atoms with Gasteiger partial charge in [0.2, 0.25) is 0 Å². The molecular weight excluding hydrogens is 336 g/mol. The summed E-state index contributed by atoms with van der Waals surface area (Å²) >= 11 is 0. The third-order valence-corrected chi connectivity index (χ3v) is 4.80. The number of rotatable bonds is 5. The molecule has 0 saturated carbocycles. The Labute approximate surface area is 151 Å². The number of carboxylic acids is 1. The molecule has 1 aliphatic heterocycles. The molecule has 1 saturated heterocycles. The number of aryl methyl sites for hydroxylation is 3. The third-order valence-electron chi connectivity index (χ3n) is 4.80. The Hall–Kier alpha value is -2.68. The van der Waals surface area contributed by atoms with E-state index in [0.29, 0.717) is 13.1 Å². The topological polar surface area (TPSA) is 96.5 Å². The monoisotopic (exact) mass is 360 g/mol. The molecule has 26 heavy (non-hydrogen) atoms. The maximum absolute atomic E-state index is 12.7. The van der Waals surface area contributed by atoms with Crippen molar-refractivity contribution in [3.05, 3.63) is 34.9 Å². The number of amides is 1. The zero-order valence-electron chi connectivity index (χ0n) is 15.3. The summed E-state index contributed by atoms with van der Waals surface area (Å²) in [4.78, 5) is 28.0. The van der Waals surface area contributed by atoms with Crippen molar-refractivity contribution in [3.63, 3.8) is 0 Å². The van der Waals surface area contributed by atoms with Crippen LogP contribution in [0.5, 0.6) is 0 Å². The van der Waals surface area contributed by atoms with Gasteiger partial charge in [0.1, 0.15) is 0 Å². The number of aromatic nitrogens is 4. The molecule has 0 aromatic carbocycles. The van der Waals surface area contributed by atoms with E-state index in [2.05, 4.69) is 28.2 Å². The maximum Gasteiger partial charge on any atom is 0.354 e. The van der Waals surface area contributed by atoms with Crippen LogP contribution in [0.3, 0.4) is 0 Å². The van der Waals surface area contributed by atoms with Crippen LogP contribution in [0, 0.1) is 6.92 Å². The Kier molecular flexibility index (Phi) is 5.08. The molecule has 2 aromatic rings. The zero-order valence-corrected chi connectivity index (χ0v) is 15.3. The van der Waals surface area contributed by atoms with Crippen molar-refractivity contribution in [3.8, 4) is 0 Å². The van der Waals surface area contributed by atoms with Gasteiger partial charge in [-0.1, -0.05) is 0 Å². The lowest BCUT2D eigenvalue weighted by atomic mass is 10.2. The van der Waals surface area contributed by atoms with Crippen molar-refractivity contribution >= 4 is 11.9 Å². The average Bonchev–Trinajstić information content (AvgIpc) is 3.18. The number of piperazine rings is 1. The molecule has 0 unspecified atom stereocenters. The van der Waals surface area contributed by atoms with Gasteiger partial charge in [0.15, 0.2) is 5.69 Å². The number of aromatic carboxylic acids is 1. The predicted molar refractivity (Wildman–Crippen MR) is 94.0 cm³/mol. The Morgan fingerprint density at radius 2 is 1.92 bits per heavy atom. The lowest BCUT2D eigenvalue weighted by Crippen LogP contribution is -2.48. The minimum absolute atomic E-state index is 0.0694. The molecule has 3 rings (SSSR count). The van der Waals surface area contributed by atoms with Crippen molar-refractivity contribution < 1.29 is 14.7 Å². The summed E-state index contributed by atoms with van der Waals surface area (Å²) < 4.78 is 3.15. The van der Waals surface area contributed by atoms with Gasteiger partial charge in [0.25, 0.3) is 5.91 Å². The molecular formula is C17H24N6O3. The molecule has 1 N–H and O–H groups in total. The van der Waals surface area contributed by atoms with Crippen LogP contribution >= 0.6 is 0 Å². The average molecular weight is 360 g/mol. The molecule has 140 valence electrons. The number of hydrogen-bond donors (Lipinski definition) is 1. The second-order valence-electron chi connectivity index (χ2n) is 6.50. The molecule has 1 amide bonds. The highest BCUT2D eigenvalue weighted by atomic mass is 16.4. The van der Waals surface area contributed by atoms with E-state index in [-0.39, 0.29) is 17.2 Å². The van der Waals surface area contributed by atoms with E-state index in [0.717, 1.165) is 31.9 Å². The summed E-state index contributed by atoms with van der Waals surface area (Å²) in [5, 5.41) is 17.7. The van der Waals surface area contributed by atoms with Crippen LogP contribution in [0.15, 0.2) is 12.4 Å². The van der Waals surface area contributed by atoms with Crippen LogP contribution in [0.2, 0.25) is 0 Å². The van der Waals surface area contributed by atoms with Crippen LogP contribution in [0.4, 0.5) is 0 Å². The molecule has 1 aliphatic rings.